The van der Waals surface area contributed by atoms with Crippen LogP contribution in [-0.2, 0) is 5.41 Å². The van der Waals surface area contributed by atoms with Crippen molar-refractivity contribution < 1.29 is 4.39 Å². The van der Waals surface area contributed by atoms with Crippen LogP contribution in [0.3, 0.4) is 0 Å². The SMILES string of the molecule is CN1CCCC1CCNc1nc(C2(c3ccccc3F)CCCC2)cs1. The summed E-state index contributed by atoms with van der Waals surface area (Å²) in [7, 11) is 2.22. The van der Waals surface area contributed by atoms with Gasteiger partial charge in [-0.3, -0.25) is 0 Å². The molecular weight excluding hydrogens is 345 g/mol. The summed E-state index contributed by atoms with van der Waals surface area (Å²) in [5.41, 5.74) is 1.63. The molecule has 2 aliphatic rings. The van der Waals surface area contributed by atoms with E-state index in [1.807, 2.05) is 12.1 Å². The Hall–Kier alpha value is -1.46. The minimum atomic E-state index is -0.243. The Morgan fingerprint density at radius 1 is 1.27 bits per heavy atom. The normalized spacial score (nSPS) is 22.8. The molecule has 0 spiro atoms. The Morgan fingerprint density at radius 3 is 2.81 bits per heavy atom. The Kier molecular flexibility index (Phi) is 5.28. The number of aromatic nitrogens is 1. The zero-order valence-electron chi connectivity index (χ0n) is 15.5. The maximum absolute atomic E-state index is 14.5. The molecule has 1 saturated heterocycles. The molecular formula is C21H28FN3S. The highest BCUT2D eigenvalue weighted by atomic mass is 32.1. The molecule has 1 aliphatic carbocycles. The lowest BCUT2D eigenvalue weighted by atomic mass is 9.76. The summed E-state index contributed by atoms with van der Waals surface area (Å²) >= 11 is 1.66. The molecule has 2 heterocycles. The standard InChI is InChI=1S/C21H28FN3S/c1-25-14-6-7-16(25)10-13-23-20-24-19(15-26-20)21(11-4-5-12-21)17-8-2-3-9-18(17)22/h2-3,8-9,15-16H,4-7,10-14H2,1H3,(H,23,24). The molecule has 0 amide bonds. The molecule has 0 radical (unpaired) electrons. The van der Waals surface area contributed by atoms with Crippen molar-refractivity contribution in [2.45, 2.75) is 56.4 Å². The van der Waals surface area contributed by atoms with Crippen molar-refractivity contribution in [2.24, 2.45) is 0 Å². The van der Waals surface area contributed by atoms with Crippen LogP contribution in [0, 0.1) is 5.82 Å². The van der Waals surface area contributed by atoms with Crippen molar-refractivity contribution >= 4 is 16.5 Å². The van der Waals surface area contributed by atoms with Gasteiger partial charge in [-0.05, 0) is 57.3 Å². The van der Waals surface area contributed by atoms with Gasteiger partial charge in [-0.2, -0.15) is 0 Å². The maximum Gasteiger partial charge on any atom is 0.182 e. The average molecular weight is 374 g/mol. The summed E-state index contributed by atoms with van der Waals surface area (Å²) in [4.78, 5) is 7.35. The fraction of sp³-hybridized carbons (Fsp3) is 0.571. The quantitative estimate of drug-likeness (QED) is 0.769. The number of rotatable bonds is 6. The second-order valence-electron chi connectivity index (χ2n) is 7.80. The Bertz CT molecular complexity index is 738. The van der Waals surface area contributed by atoms with Gasteiger partial charge in [0.2, 0.25) is 0 Å². The summed E-state index contributed by atoms with van der Waals surface area (Å²) in [6.07, 6.45) is 8.04. The van der Waals surface area contributed by atoms with Crippen LogP contribution in [0.5, 0.6) is 0 Å². The van der Waals surface area contributed by atoms with Gasteiger partial charge in [0.25, 0.3) is 0 Å². The molecule has 1 atom stereocenters. The van der Waals surface area contributed by atoms with Gasteiger partial charge in [0.15, 0.2) is 5.13 Å². The number of anilines is 1. The molecule has 1 aromatic heterocycles. The first-order valence-electron chi connectivity index (χ1n) is 9.84. The Labute approximate surface area is 159 Å². The summed E-state index contributed by atoms with van der Waals surface area (Å²) in [6, 6.07) is 7.95. The van der Waals surface area contributed by atoms with Gasteiger partial charge >= 0.3 is 0 Å². The third-order valence-corrected chi connectivity index (χ3v) is 7.07. The number of hydrogen-bond acceptors (Lipinski definition) is 4. The molecule has 1 aromatic carbocycles. The van der Waals surface area contributed by atoms with Crippen molar-refractivity contribution in [3.05, 3.63) is 46.7 Å². The summed E-state index contributed by atoms with van der Waals surface area (Å²) in [6.45, 7) is 2.17. The molecule has 140 valence electrons. The lowest BCUT2D eigenvalue weighted by molar-refractivity contribution is 0.301. The van der Waals surface area contributed by atoms with Crippen molar-refractivity contribution in [2.75, 3.05) is 25.5 Å². The Morgan fingerprint density at radius 2 is 2.08 bits per heavy atom. The molecule has 1 saturated carbocycles. The molecule has 5 heteroatoms. The number of halogens is 1. The second kappa shape index (κ2) is 7.65. The van der Waals surface area contributed by atoms with Crippen molar-refractivity contribution in [1.29, 1.82) is 0 Å². The number of benzene rings is 1. The third-order valence-electron chi connectivity index (χ3n) is 6.27. The predicted octanol–water partition coefficient (Wildman–Crippen LogP) is 5.04. The highest BCUT2D eigenvalue weighted by Gasteiger charge is 2.41. The molecule has 4 rings (SSSR count). The predicted molar refractivity (Wildman–Crippen MR) is 107 cm³/mol. The van der Waals surface area contributed by atoms with Gasteiger partial charge in [-0.15, -0.1) is 11.3 Å². The van der Waals surface area contributed by atoms with Crippen LogP contribution in [0.4, 0.5) is 9.52 Å². The van der Waals surface area contributed by atoms with Crippen LogP contribution in [0.1, 0.15) is 56.2 Å². The van der Waals surface area contributed by atoms with Gasteiger partial charge < -0.3 is 10.2 Å². The zero-order valence-corrected chi connectivity index (χ0v) is 16.3. The van der Waals surface area contributed by atoms with Crippen molar-refractivity contribution in [1.82, 2.24) is 9.88 Å². The largest absolute Gasteiger partial charge is 0.361 e. The number of thiazole rings is 1. The van der Waals surface area contributed by atoms with E-state index in [9.17, 15) is 4.39 Å². The van der Waals surface area contributed by atoms with E-state index < -0.39 is 0 Å². The topological polar surface area (TPSA) is 28.2 Å². The monoisotopic (exact) mass is 373 g/mol. The molecule has 1 N–H and O–H groups in total. The highest BCUT2D eigenvalue weighted by Crippen LogP contribution is 2.47. The first kappa shape index (κ1) is 17.9. The fourth-order valence-electron chi connectivity index (χ4n) is 4.76. The van der Waals surface area contributed by atoms with Crippen LogP contribution in [0.15, 0.2) is 29.6 Å². The van der Waals surface area contributed by atoms with Gasteiger partial charge in [0.05, 0.1) is 5.69 Å². The molecule has 26 heavy (non-hydrogen) atoms. The number of hydrogen-bond donors (Lipinski definition) is 1. The molecule has 1 unspecified atom stereocenters. The lowest BCUT2D eigenvalue weighted by Gasteiger charge is -2.28. The van der Waals surface area contributed by atoms with E-state index in [0.717, 1.165) is 55.0 Å². The van der Waals surface area contributed by atoms with E-state index in [1.54, 1.807) is 23.5 Å². The minimum absolute atomic E-state index is 0.0961. The van der Waals surface area contributed by atoms with E-state index in [0.29, 0.717) is 6.04 Å². The van der Waals surface area contributed by atoms with E-state index in [-0.39, 0.29) is 11.2 Å². The number of nitrogens with zero attached hydrogens (tertiary/aromatic N) is 2. The van der Waals surface area contributed by atoms with Crippen molar-refractivity contribution in [3.63, 3.8) is 0 Å². The van der Waals surface area contributed by atoms with Crippen LogP contribution in [-0.4, -0.2) is 36.1 Å². The smallest absolute Gasteiger partial charge is 0.182 e. The average Bonchev–Trinajstić information content (AvgIpc) is 3.37. The van der Waals surface area contributed by atoms with Crippen LogP contribution in [0.25, 0.3) is 0 Å². The lowest BCUT2D eigenvalue weighted by Crippen LogP contribution is -2.27. The summed E-state index contributed by atoms with van der Waals surface area (Å²) < 4.78 is 14.5. The molecule has 2 fully saturated rings. The van der Waals surface area contributed by atoms with Gasteiger partial charge in [-0.25, -0.2) is 9.37 Å². The first-order valence-corrected chi connectivity index (χ1v) is 10.7. The maximum atomic E-state index is 14.5. The summed E-state index contributed by atoms with van der Waals surface area (Å²) in [5.74, 6) is -0.0961. The Balaban J connectivity index is 1.48. The molecule has 3 nitrogen and oxygen atoms in total. The number of likely N-dealkylation sites (tertiary alicyclic amines) is 1. The molecule has 1 aliphatic heterocycles. The van der Waals surface area contributed by atoms with Gasteiger partial charge in [0, 0.05) is 23.4 Å². The van der Waals surface area contributed by atoms with Crippen LogP contribution < -0.4 is 5.32 Å². The second-order valence-corrected chi connectivity index (χ2v) is 8.66. The van der Waals surface area contributed by atoms with Gasteiger partial charge in [0.1, 0.15) is 5.82 Å². The van der Waals surface area contributed by atoms with E-state index in [2.05, 4.69) is 22.6 Å². The summed E-state index contributed by atoms with van der Waals surface area (Å²) in [5, 5.41) is 6.62. The minimum Gasteiger partial charge on any atom is -0.361 e. The third kappa shape index (κ3) is 3.39. The van der Waals surface area contributed by atoms with E-state index in [4.69, 9.17) is 4.98 Å². The molecule has 0 bridgehead atoms. The van der Waals surface area contributed by atoms with Crippen LogP contribution in [0.2, 0.25) is 0 Å². The van der Waals surface area contributed by atoms with E-state index in [1.165, 1.54) is 19.4 Å². The van der Waals surface area contributed by atoms with Crippen LogP contribution >= 0.6 is 11.3 Å². The zero-order chi connectivity index (χ0) is 18.0. The van der Waals surface area contributed by atoms with E-state index >= 15 is 0 Å². The fourth-order valence-corrected chi connectivity index (χ4v) is 5.59. The highest BCUT2D eigenvalue weighted by molar-refractivity contribution is 7.13. The molecule has 2 aromatic rings. The number of nitrogens with one attached hydrogen (secondary N) is 1. The van der Waals surface area contributed by atoms with Crippen molar-refractivity contribution in [3.8, 4) is 0 Å². The first-order chi connectivity index (χ1) is 12.7. The van der Waals surface area contributed by atoms with Gasteiger partial charge in [-0.1, -0.05) is 31.0 Å².